The van der Waals surface area contributed by atoms with Crippen LogP contribution in [-0.2, 0) is 4.84 Å². The zero-order valence-electron chi connectivity index (χ0n) is 17.2. The third kappa shape index (κ3) is 3.87. The number of urea groups is 1. The van der Waals surface area contributed by atoms with E-state index >= 15 is 0 Å². The Balaban J connectivity index is 1.33. The minimum atomic E-state index is -0.307. The Hall–Kier alpha value is -4.28. The van der Waals surface area contributed by atoms with E-state index in [0.717, 1.165) is 23.2 Å². The van der Waals surface area contributed by atoms with E-state index in [4.69, 9.17) is 10.6 Å². The highest BCUT2D eigenvalue weighted by Crippen LogP contribution is 2.30. The van der Waals surface area contributed by atoms with Crippen molar-refractivity contribution < 1.29 is 9.63 Å². The largest absolute Gasteiger partial charge is 0.396 e. The molecule has 0 unspecified atom stereocenters. The number of rotatable bonds is 2. The molecule has 0 spiro atoms. The molecule has 1 aliphatic rings. The molecule has 7 nitrogen and oxygen atoms in total. The molecule has 5 rings (SSSR count). The highest BCUT2D eigenvalue weighted by Gasteiger charge is 2.31. The first-order valence-corrected chi connectivity index (χ1v) is 10.3. The molecule has 1 aliphatic heterocycles. The van der Waals surface area contributed by atoms with Gasteiger partial charge in [0.05, 0.1) is 24.5 Å². The normalized spacial score (nSPS) is 15.4. The second kappa shape index (κ2) is 8.46. The molecule has 0 aliphatic carbocycles. The zero-order chi connectivity index (χ0) is 21.9. The van der Waals surface area contributed by atoms with Crippen LogP contribution in [0.3, 0.4) is 0 Å². The summed E-state index contributed by atoms with van der Waals surface area (Å²) in [6.07, 6.45) is 4.32. The van der Waals surface area contributed by atoms with Crippen LogP contribution in [-0.4, -0.2) is 27.1 Å². The van der Waals surface area contributed by atoms with Crippen molar-refractivity contribution in [2.75, 3.05) is 17.7 Å². The monoisotopic (exact) mass is 423 g/mol. The smallest absolute Gasteiger partial charge is 0.346 e. The van der Waals surface area contributed by atoms with Gasteiger partial charge in [0.15, 0.2) is 5.65 Å². The Kier molecular flexibility index (Phi) is 5.20. The van der Waals surface area contributed by atoms with E-state index in [0.29, 0.717) is 23.6 Å². The fourth-order valence-electron chi connectivity index (χ4n) is 3.76. The highest BCUT2D eigenvalue weighted by atomic mass is 16.7. The van der Waals surface area contributed by atoms with Gasteiger partial charge < -0.3 is 11.1 Å². The number of pyridine rings is 1. The van der Waals surface area contributed by atoms with Crippen molar-refractivity contribution >= 4 is 23.1 Å². The van der Waals surface area contributed by atoms with E-state index in [1.165, 1.54) is 5.06 Å². The van der Waals surface area contributed by atoms with Gasteiger partial charge in [-0.05, 0) is 41.8 Å². The van der Waals surface area contributed by atoms with Crippen LogP contribution >= 0.6 is 0 Å². The summed E-state index contributed by atoms with van der Waals surface area (Å²) in [4.78, 5) is 22.8. The van der Waals surface area contributed by atoms with Gasteiger partial charge in [-0.2, -0.15) is 5.06 Å². The van der Waals surface area contributed by atoms with Crippen LogP contribution in [0.15, 0.2) is 79.1 Å². The van der Waals surface area contributed by atoms with Crippen LogP contribution in [0.5, 0.6) is 0 Å². The number of hydrogen-bond acceptors (Lipinski definition) is 4. The number of carbonyl (C=O) groups excluding carboxylic acids is 1. The summed E-state index contributed by atoms with van der Waals surface area (Å²) < 4.78 is 1.85. The predicted octanol–water partition coefficient (Wildman–Crippen LogP) is 4.23. The number of aromatic nitrogens is 2. The molecule has 1 atom stereocenters. The maximum absolute atomic E-state index is 12.9. The second-order valence-electron chi connectivity index (χ2n) is 7.44. The van der Waals surface area contributed by atoms with Crippen LogP contribution in [0, 0.1) is 11.8 Å². The van der Waals surface area contributed by atoms with E-state index in [9.17, 15) is 4.79 Å². The van der Waals surface area contributed by atoms with Gasteiger partial charge in [0.25, 0.3) is 0 Å². The fourth-order valence-corrected chi connectivity index (χ4v) is 3.76. The standard InChI is InChI=1S/C25H21N5O2/c26-22-10-5-14-29-21(17-27-24(22)29)12-11-18-6-4-9-20(16-18)28-25(31)30-23(13-15-32-30)19-7-2-1-3-8-19/h1-10,14,16-17,23H,13,15,26H2,(H,28,31)/t23-/m0/s1. The molecule has 0 radical (unpaired) electrons. The van der Waals surface area contributed by atoms with Gasteiger partial charge >= 0.3 is 6.03 Å². The topological polar surface area (TPSA) is 84.9 Å². The molecule has 3 heterocycles. The summed E-state index contributed by atoms with van der Waals surface area (Å²) in [5, 5.41) is 4.33. The van der Waals surface area contributed by atoms with Crippen molar-refractivity contribution in [3.05, 3.63) is 95.9 Å². The van der Waals surface area contributed by atoms with Gasteiger partial charge in [0, 0.05) is 23.9 Å². The Labute approximate surface area is 185 Å². The van der Waals surface area contributed by atoms with E-state index in [1.54, 1.807) is 12.3 Å². The zero-order valence-corrected chi connectivity index (χ0v) is 17.2. The number of benzene rings is 2. The average molecular weight is 423 g/mol. The van der Waals surface area contributed by atoms with Crippen LogP contribution < -0.4 is 11.1 Å². The van der Waals surface area contributed by atoms with Crippen LogP contribution in [0.4, 0.5) is 16.2 Å². The average Bonchev–Trinajstić information content (AvgIpc) is 3.47. The summed E-state index contributed by atoms with van der Waals surface area (Å²) in [5.41, 5.74) is 10.4. The lowest BCUT2D eigenvalue weighted by molar-refractivity contribution is -0.0829. The minimum Gasteiger partial charge on any atom is -0.396 e. The van der Waals surface area contributed by atoms with Crippen LogP contribution in [0.2, 0.25) is 0 Å². The van der Waals surface area contributed by atoms with Gasteiger partial charge in [-0.15, -0.1) is 0 Å². The van der Waals surface area contributed by atoms with Crippen molar-refractivity contribution in [1.82, 2.24) is 14.4 Å². The lowest BCUT2D eigenvalue weighted by atomic mass is 10.1. The highest BCUT2D eigenvalue weighted by molar-refractivity contribution is 5.89. The Bertz CT molecular complexity index is 1340. The Morgan fingerprint density at radius 1 is 1.09 bits per heavy atom. The molecule has 2 aromatic carbocycles. The Morgan fingerprint density at radius 3 is 2.84 bits per heavy atom. The van der Waals surface area contributed by atoms with Gasteiger partial charge in [-0.25, -0.2) is 9.78 Å². The lowest BCUT2D eigenvalue weighted by Crippen LogP contribution is -2.33. The molecule has 2 aromatic heterocycles. The summed E-state index contributed by atoms with van der Waals surface area (Å²) in [7, 11) is 0. The first kappa shape index (κ1) is 19.7. The molecule has 1 fully saturated rings. The number of carbonyl (C=O) groups is 1. The number of nitrogens with two attached hydrogens (primary N) is 1. The Morgan fingerprint density at radius 2 is 1.97 bits per heavy atom. The van der Waals surface area contributed by atoms with Crippen molar-refractivity contribution in [1.29, 1.82) is 0 Å². The number of amides is 2. The molecule has 7 heteroatoms. The predicted molar refractivity (Wildman–Crippen MR) is 123 cm³/mol. The third-order valence-corrected chi connectivity index (χ3v) is 5.30. The summed E-state index contributed by atoms with van der Waals surface area (Å²) in [5.74, 6) is 6.25. The summed E-state index contributed by atoms with van der Waals surface area (Å²) >= 11 is 0. The van der Waals surface area contributed by atoms with Gasteiger partial charge in [-0.3, -0.25) is 9.24 Å². The number of hydroxylamine groups is 2. The third-order valence-electron chi connectivity index (χ3n) is 5.30. The number of hydrogen-bond donors (Lipinski definition) is 2. The molecule has 4 aromatic rings. The summed E-state index contributed by atoms with van der Waals surface area (Å²) in [6.45, 7) is 0.502. The van der Waals surface area contributed by atoms with E-state index < -0.39 is 0 Å². The number of fused-ring (bicyclic) bond motifs is 1. The van der Waals surface area contributed by atoms with Crippen molar-refractivity contribution in [2.45, 2.75) is 12.5 Å². The molecule has 32 heavy (non-hydrogen) atoms. The molecular weight excluding hydrogens is 402 g/mol. The maximum atomic E-state index is 12.9. The number of nitrogens with one attached hydrogen (secondary N) is 1. The first-order chi connectivity index (χ1) is 15.7. The second-order valence-corrected chi connectivity index (χ2v) is 7.44. The van der Waals surface area contributed by atoms with Crippen LogP contribution in [0.25, 0.3) is 5.65 Å². The number of nitrogens with zero attached hydrogens (tertiary/aromatic N) is 3. The van der Waals surface area contributed by atoms with E-state index in [-0.39, 0.29) is 12.1 Å². The molecule has 2 amide bonds. The molecule has 3 N–H and O–H groups in total. The number of imidazole rings is 1. The lowest BCUT2D eigenvalue weighted by Gasteiger charge is -2.23. The van der Waals surface area contributed by atoms with E-state index in [2.05, 4.69) is 22.1 Å². The minimum absolute atomic E-state index is 0.109. The molecular formula is C25H21N5O2. The SMILES string of the molecule is Nc1cccn2c(C#Cc3cccc(NC(=O)N4OCC[C@H]4c4ccccc4)c3)cnc12. The van der Waals surface area contributed by atoms with Crippen molar-refractivity contribution in [3.63, 3.8) is 0 Å². The molecule has 1 saturated heterocycles. The maximum Gasteiger partial charge on any atom is 0.346 e. The fraction of sp³-hybridized carbons (Fsp3) is 0.120. The van der Waals surface area contributed by atoms with Crippen molar-refractivity contribution in [3.8, 4) is 11.8 Å². The molecule has 0 saturated carbocycles. The van der Waals surface area contributed by atoms with Gasteiger partial charge in [0.1, 0.15) is 5.69 Å². The van der Waals surface area contributed by atoms with Gasteiger partial charge in [0.2, 0.25) is 0 Å². The van der Waals surface area contributed by atoms with Crippen molar-refractivity contribution in [2.24, 2.45) is 0 Å². The first-order valence-electron chi connectivity index (χ1n) is 10.3. The molecule has 0 bridgehead atoms. The summed E-state index contributed by atoms with van der Waals surface area (Å²) in [6, 6.07) is 20.5. The van der Waals surface area contributed by atoms with E-state index in [1.807, 2.05) is 71.3 Å². The number of anilines is 2. The van der Waals surface area contributed by atoms with Crippen LogP contribution in [0.1, 0.15) is 29.3 Å². The quantitative estimate of drug-likeness (QED) is 0.473. The van der Waals surface area contributed by atoms with Gasteiger partial charge in [-0.1, -0.05) is 42.3 Å². The molecule has 158 valence electrons. The number of nitrogen functional groups attached to an aromatic ring is 1.